The van der Waals surface area contributed by atoms with Crippen LogP contribution in [0.25, 0.3) is 0 Å². The summed E-state index contributed by atoms with van der Waals surface area (Å²) in [5.74, 6) is 2.19. The molecule has 0 aliphatic carbocycles. The number of guanidine groups is 1. The Labute approximate surface area is 139 Å². The number of piperidine rings is 1. The van der Waals surface area contributed by atoms with E-state index in [0.717, 1.165) is 24.4 Å². The fourth-order valence-electron chi connectivity index (χ4n) is 2.83. The van der Waals surface area contributed by atoms with Crippen molar-refractivity contribution in [1.82, 2.24) is 4.90 Å². The van der Waals surface area contributed by atoms with Crippen molar-refractivity contribution in [2.45, 2.75) is 33.2 Å². The molecule has 5 heteroatoms. The van der Waals surface area contributed by atoms with Crippen LogP contribution in [0, 0.1) is 12.8 Å². The molecule has 1 atom stereocenters. The first-order chi connectivity index (χ1) is 11.1. The van der Waals surface area contributed by atoms with Crippen LogP contribution in [-0.2, 0) is 11.3 Å². The summed E-state index contributed by atoms with van der Waals surface area (Å²) >= 11 is 0. The van der Waals surface area contributed by atoms with Crippen molar-refractivity contribution >= 4 is 5.96 Å². The molecule has 1 aliphatic heterocycles. The van der Waals surface area contributed by atoms with Crippen LogP contribution in [0.3, 0.4) is 0 Å². The van der Waals surface area contributed by atoms with Gasteiger partial charge in [0.2, 0.25) is 0 Å². The summed E-state index contributed by atoms with van der Waals surface area (Å²) in [7, 11) is 1.67. The van der Waals surface area contributed by atoms with E-state index in [1.807, 2.05) is 6.07 Å². The Bertz CT molecular complexity index is 531. The molecule has 0 radical (unpaired) electrons. The number of ether oxygens (including phenoxy) is 2. The second-order valence-corrected chi connectivity index (χ2v) is 6.32. The van der Waals surface area contributed by atoms with Gasteiger partial charge in [-0.05, 0) is 37.3 Å². The minimum atomic E-state index is 0.537. The maximum absolute atomic E-state index is 6.18. The maximum atomic E-state index is 6.18. The monoisotopic (exact) mass is 319 g/mol. The van der Waals surface area contributed by atoms with Gasteiger partial charge in [0, 0.05) is 25.8 Å². The lowest BCUT2D eigenvalue weighted by atomic mass is 10.0. The molecule has 0 bridgehead atoms. The Morgan fingerprint density at radius 3 is 2.96 bits per heavy atom. The topological polar surface area (TPSA) is 60.1 Å². The maximum Gasteiger partial charge on any atom is 0.191 e. The summed E-state index contributed by atoms with van der Waals surface area (Å²) in [6.45, 7) is 7.98. The molecule has 2 N–H and O–H groups in total. The van der Waals surface area contributed by atoms with E-state index in [1.165, 1.54) is 18.4 Å². The first kappa shape index (κ1) is 17.6. The van der Waals surface area contributed by atoms with Crippen molar-refractivity contribution in [3.05, 3.63) is 29.3 Å². The van der Waals surface area contributed by atoms with Gasteiger partial charge >= 0.3 is 0 Å². The lowest BCUT2D eigenvalue weighted by Gasteiger charge is -2.31. The van der Waals surface area contributed by atoms with Crippen LogP contribution >= 0.6 is 0 Å². The lowest BCUT2D eigenvalue weighted by molar-refractivity contribution is 0.145. The number of rotatable bonds is 6. The van der Waals surface area contributed by atoms with Crippen molar-refractivity contribution < 1.29 is 9.47 Å². The molecule has 0 amide bonds. The molecule has 5 nitrogen and oxygen atoms in total. The average Bonchev–Trinajstić information content (AvgIpc) is 2.54. The molecular weight excluding hydrogens is 290 g/mol. The summed E-state index contributed by atoms with van der Waals surface area (Å²) in [5.41, 5.74) is 8.40. The summed E-state index contributed by atoms with van der Waals surface area (Å²) in [4.78, 5) is 6.77. The number of methoxy groups -OCH3 is 1. The summed E-state index contributed by atoms with van der Waals surface area (Å²) in [5, 5.41) is 0. The van der Waals surface area contributed by atoms with Crippen molar-refractivity contribution in [1.29, 1.82) is 0 Å². The Balaban J connectivity index is 2.02. The van der Waals surface area contributed by atoms with E-state index in [9.17, 15) is 0 Å². The van der Waals surface area contributed by atoms with Crippen LogP contribution in [0.5, 0.6) is 5.75 Å². The van der Waals surface area contributed by atoms with Gasteiger partial charge < -0.3 is 20.1 Å². The van der Waals surface area contributed by atoms with E-state index >= 15 is 0 Å². The summed E-state index contributed by atoms with van der Waals surface area (Å²) < 4.78 is 10.8. The molecule has 0 spiro atoms. The van der Waals surface area contributed by atoms with Crippen molar-refractivity contribution in [2.24, 2.45) is 16.6 Å². The molecule has 1 fully saturated rings. The standard InChI is InChI=1S/C18H29N3O2/c1-14-6-7-16(17(11-14)23-10-9-22-3)12-20-18(19)21-8-4-5-15(2)13-21/h6-7,11,15H,4-5,8-10,12-13H2,1-3H3,(H2,19,20). The highest BCUT2D eigenvalue weighted by Crippen LogP contribution is 2.22. The van der Waals surface area contributed by atoms with Crippen LogP contribution in [0.2, 0.25) is 0 Å². The Morgan fingerprint density at radius 2 is 2.22 bits per heavy atom. The van der Waals surface area contributed by atoms with Crippen LogP contribution < -0.4 is 10.5 Å². The molecule has 128 valence electrons. The smallest absolute Gasteiger partial charge is 0.191 e. The quantitative estimate of drug-likeness (QED) is 0.497. The van der Waals surface area contributed by atoms with Crippen molar-refractivity contribution in [3.8, 4) is 5.75 Å². The molecule has 1 aromatic rings. The molecule has 1 saturated heterocycles. The number of likely N-dealkylation sites (tertiary alicyclic amines) is 1. The number of nitrogens with zero attached hydrogens (tertiary/aromatic N) is 2. The van der Waals surface area contributed by atoms with Gasteiger partial charge in [-0.25, -0.2) is 4.99 Å². The van der Waals surface area contributed by atoms with Crippen LogP contribution in [0.4, 0.5) is 0 Å². The van der Waals surface area contributed by atoms with Gasteiger partial charge in [0.05, 0.1) is 13.2 Å². The second-order valence-electron chi connectivity index (χ2n) is 6.32. The number of aryl methyl sites for hydroxylation is 1. The molecule has 1 heterocycles. The summed E-state index contributed by atoms with van der Waals surface area (Å²) in [6.07, 6.45) is 2.46. The highest BCUT2D eigenvalue weighted by Gasteiger charge is 2.17. The van der Waals surface area contributed by atoms with Crippen LogP contribution in [0.15, 0.2) is 23.2 Å². The third-order valence-electron chi connectivity index (χ3n) is 4.16. The number of hydrogen-bond donors (Lipinski definition) is 1. The number of aliphatic imine (C=N–C) groups is 1. The number of nitrogens with two attached hydrogens (primary N) is 1. The van der Waals surface area contributed by atoms with Gasteiger partial charge in [-0.1, -0.05) is 19.1 Å². The van der Waals surface area contributed by atoms with E-state index in [0.29, 0.717) is 31.6 Å². The predicted molar refractivity (Wildman–Crippen MR) is 93.8 cm³/mol. The minimum Gasteiger partial charge on any atom is -0.491 e. The SMILES string of the molecule is COCCOc1cc(C)ccc1CN=C(N)N1CCCC(C)C1. The third kappa shape index (κ3) is 5.43. The molecular formula is C18H29N3O2. The van der Waals surface area contributed by atoms with E-state index in [2.05, 4.69) is 35.9 Å². The zero-order chi connectivity index (χ0) is 16.7. The van der Waals surface area contributed by atoms with Crippen LogP contribution in [-0.4, -0.2) is 44.3 Å². The first-order valence-corrected chi connectivity index (χ1v) is 8.36. The average molecular weight is 319 g/mol. The largest absolute Gasteiger partial charge is 0.491 e. The molecule has 1 aliphatic rings. The van der Waals surface area contributed by atoms with Gasteiger partial charge in [-0.2, -0.15) is 0 Å². The fourth-order valence-corrected chi connectivity index (χ4v) is 2.83. The molecule has 1 unspecified atom stereocenters. The van der Waals surface area contributed by atoms with Crippen LogP contribution in [0.1, 0.15) is 30.9 Å². The Kier molecular flexibility index (Phi) is 6.71. The zero-order valence-electron chi connectivity index (χ0n) is 14.5. The van der Waals surface area contributed by atoms with Gasteiger partial charge in [0.25, 0.3) is 0 Å². The molecule has 2 rings (SSSR count). The van der Waals surface area contributed by atoms with E-state index in [1.54, 1.807) is 7.11 Å². The molecule has 0 aromatic heterocycles. The van der Waals surface area contributed by atoms with E-state index in [4.69, 9.17) is 15.2 Å². The second kappa shape index (κ2) is 8.77. The zero-order valence-corrected chi connectivity index (χ0v) is 14.5. The number of hydrogen-bond acceptors (Lipinski definition) is 3. The molecule has 1 aromatic carbocycles. The third-order valence-corrected chi connectivity index (χ3v) is 4.16. The highest BCUT2D eigenvalue weighted by molar-refractivity contribution is 5.78. The Morgan fingerprint density at radius 1 is 1.39 bits per heavy atom. The normalized spacial score (nSPS) is 19.0. The Hall–Kier alpha value is -1.75. The highest BCUT2D eigenvalue weighted by atomic mass is 16.5. The van der Waals surface area contributed by atoms with Crippen molar-refractivity contribution in [2.75, 3.05) is 33.4 Å². The van der Waals surface area contributed by atoms with E-state index < -0.39 is 0 Å². The van der Waals surface area contributed by atoms with Gasteiger partial charge in [-0.15, -0.1) is 0 Å². The minimum absolute atomic E-state index is 0.537. The number of benzene rings is 1. The van der Waals surface area contributed by atoms with Gasteiger partial charge in [0.15, 0.2) is 5.96 Å². The fraction of sp³-hybridized carbons (Fsp3) is 0.611. The van der Waals surface area contributed by atoms with Gasteiger partial charge in [0.1, 0.15) is 12.4 Å². The van der Waals surface area contributed by atoms with Gasteiger partial charge in [-0.3, -0.25) is 0 Å². The molecule has 0 saturated carbocycles. The lowest BCUT2D eigenvalue weighted by Crippen LogP contribution is -2.43. The van der Waals surface area contributed by atoms with Crippen molar-refractivity contribution in [3.63, 3.8) is 0 Å². The first-order valence-electron chi connectivity index (χ1n) is 8.36. The molecule has 23 heavy (non-hydrogen) atoms. The summed E-state index contributed by atoms with van der Waals surface area (Å²) in [6, 6.07) is 6.18. The predicted octanol–water partition coefficient (Wildman–Crippen LogP) is 2.57. The van der Waals surface area contributed by atoms with E-state index in [-0.39, 0.29) is 0 Å².